The summed E-state index contributed by atoms with van der Waals surface area (Å²) in [5.41, 5.74) is 3.83. The van der Waals surface area contributed by atoms with Crippen LogP contribution in [0.2, 0.25) is 0 Å². The molecule has 0 unspecified atom stereocenters. The normalized spacial score (nSPS) is 11.3. The number of hydrogen-bond acceptors (Lipinski definition) is 5. The van der Waals surface area contributed by atoms with E-state index in [0.29, 0.717) is 41.2 Å². The van der Waals surface area contributed by atoms with Gasteiger partial charge in [0.1, 0.15) is 18.4 Å². The SMILES string of the molecule is O=C(c1ccccc1)c1ccccc1N[C@@H](Cc1ccc(OCCN(Cc2ccccc2)C(=O)c2ccccc2)cc1)C(=O)O. The van der Waals surface area contributed by atoms with Crippen molar-refractivity contribution in [1.82, 2.24) is 4.90 Å². The maximum atomic E-state index is 13.3. The highest BCUT2D eigenvalue weighted by Gasteiger charge is 2.22. The van der Waals surface area contributed by atoms with E-state index in [1.807, 2.05) is 66.7 Å². The molecule has 5 aromatic rings. The first-order valence-electron chi connectivity index (χ1n) is 14.8. The Labute approximate surface area is 262 Å². The lowest BCUT2D eigenvalue weighted by Crippen LogP contribution is -2.34. The molecule has 7 nitrogen and oxygen atoms in total. The predicted molar refractivity (Wildman–Crippen MR) is 175 cm³/mol. The van der Waals surface area contributed by atoms with E-state index in [2.05, 4.69) is 5.32 Å². The zero-order valence-electron chi connectivity index (χ0n) is 24.7. The van der Waals surface area contributed by atoms with Crippen molar-refractivity contribution >= 4 is 23.3 Å². The Bertz CT molecular complexity index is 1710. The summed E-state index contributed by atoms with van der Waals surface area (Å²) in [7, 11) is 0. The van der Waals surface area contributed by atoms with Gasteiger partial charge in [0.15, 0.2) is 5.78 Å². The molecule has 0 aliphatic heterocycles. The van der Waals surface area contributed by atoms with Gasteiger partial charge in [-0.2, -0.15) is 0 Å². The molecule has 0 spiro atoms. The number of rotatable bonds is 14. The summed E-state index contributed by atoms with van der Waals surface area (Å²) in [5.74, 6) is -0.669. The molecule has 0 aliphatic rings. The first-order chi connectivity index (χ1) is 22.0. The molecule has 0 saturated carbocycles. The fourth-order valence-corrected chi connectivity index (χ4v) is 4.99. The van der Waals surface area contributed by atoms with E-state index >= 15 is 0 Å². The molecule has 5 aromatic carbocycles. The number of carboxylic acid groups (broad SMARTS) is 1. The summed E-state index contributed by atoms with van der Waals surface area (Å²) < 4.78 is 5.98. The number of amides is 1. The lowest BCUT2D eigenvalue weighted by Gasteiger charge is -2.23. The van der Waals surface area contributed by atoms with Crippen LogP contribution >= 0.6 is 0 Å². The van der Waals surface area contributed by atoms with Gasteiger partial charge in [0.05, 0.1) is 6.54 Å². The van der Waals surface area contributed by atoms with Gasteiger partial charge >= 0.3 is 5.97 Å². The van der Waals surface area contributed by atoms with E-state index in [9.17, 15) is 19.5 Å². The van der Waals surface area contributed by atoms with Crippen LogP contribution in [0.15, 0.2) is 140 Å². The van der Waals surface area contributed by atoms with Crippen molar-refractivity contribution in [1.29, 1.82) is 0 Å². The van der Waals surface area contributed by atoms with E-state index in [4.69, 9.17) is 4.74 Å². The van der Waals surface area contributed by atoms with Crippen LogP contribution in [0.5, 0.6) is 5.75 Å². The van der Waals surface area contributed by atoms with Crippen molar-refractivity contribution in [2.24, 2.45) is 0 Å². The molecule has 0 saturated heterocycles. The van der Waals surface area contributed by atoms with Gasteiger partial charge < -0.3 is 20.1 Å². The third-order valence-corrected chi connectivity index (χ3v) is 7.35. The van der Waals surface area contributed by atoms with Crippen molar-refractivity contribution in [3.63, 3.8) is 0 Å². The Hall–Kier alpha value is -5.69. The summed E-state index contributed by atoms with van der Waals surface area (Å²) in [6.45, 7) is 1.13. The van der Waals surface area contributed by atoms with Gasteiger partial charge in [-0.1, -0.05) is 103 Å². The predicted octanol–water partition coefficient (Wildman–Crippen LogP) is 6.75. The van der Waals surface area contributed by atoms with Crippen LogP contribution in [0.1, 0.15) is 37.4 Å². The number of carboxylic acids is 1. The van der Waals surface area contributed by atoms with Gasteiger partial charge in [0, 0.05) is 35.3 Å². The molecule has 1 amide bonds. The molecule has 7 heteroatoms. The first kappa shape index (κ1) is 30.8. The minimum absolute atomic E-state index is 0.0716. The van der Waals surface area contributed by atoms with Crippen LogP contribution in [0, 0.1) is 0 Å². The zero-order chi connectivity index (χ0) is 31.4. The first-order valence-corrected chi connectivity index (χ1v) is 14.8. The largest absolute Gasteiger partial charge is 0.492 e. The average Bonchev–Trinajstić information content (AvgIpc) is 3.09. The van der Waals surface area contributed by atoms with Crippen molar-refractivity contribution in [3.05, 3.63) is 167 Å². The second-order valence-electron chi connectivity index (χ2n) is 10.6. The molecule has 1 atom stereocenters. The topological polar surface area (TPSA) is 95.9 Å². The summed E-state index contributed by atoms with van der Waals surface area (Å²) in [6, 6.07) is 41.1. The highest BCUT2D eigenvalue weighted by atomic mass is 16.5. The van der Waals surface area contributed by atoms with Gasteiger partial charge in [0.2, 0.25) is 0 Å². The van der Waals surface area contributed by atoms with E-state index in [1.165, 1.54) is 0 Å². The smallest absolute Gasteiger partial charge is 0.326 e. The van der Waals surface area contributed by atoms with Crippen LogP contribution < -0.4 is 10.1 Å². The Morgan fingerprint density at radius 1 is 0.667 bits per heavy atom. The summed E-state index contributed by atoms with van der Waals surface area (Å²) in [6.07, 6.45) is 0.194. The molecule has 0 aromatic heterocycles. The summed E-state index contributed by atoms with van der Waals surface area (Å²) in [5, 5.41) is 13.1. The van der Waals surface area contributed by atoms with Gasteiger partial charge in [-0.25, -0.2) is 4.79 Å². The van der Waals surface area contributed by atoms with Crippen molar-refractivity contribution in [2.75, 3.05) is 18.5 Å². The molecule has 45 heavy (non-hydrogen) atoms. The Kier molecular flexibility index (Phi) is 10.4. The number of nitrogens with one attached hydrogen (secondary N) is 1. The Balaban J connectivity index is 1.21. The molecule has 226 valence electrons. The van der Waals surface area contributed by atoms with Gasteiger partial charge in [-0.15, -0.1) is 0 Å². The maximum absolute atomic E-state index is 13.3. The summed E-state index contributed by atoms with van der Waals surface area (Å²) in [4.78, 5) is 40.4. The number of para-hydroxylation sites is 1. The van der Waals surface area contributed by atoms with Crippen LogP contribution in [0.25, 0.3) is 0 Å². The van der Waals surface area contributed by atoms with Crippen LogP contribution in [0.3, 0.4) is 0 Å². The molecule has 0 fully saturated rings. The number of aliphatic carboxylic acids is 1. The Morgan fingerprint density at radius 3 is 1.89 bits per heavy atom. The molecule has 0 radical (unpaired) electrons. The molecule has 0 aliphatic carbocycles. The lowest BCUT2D eigenvalue weighted by molar-refractivity contribution is -0.137. The third kappa shape index (κ3) is 8.45. The monoisotopic (exact) mass is 598 g/mol. The second-order valence-corrected chi connectivity index (χ2v) is 10.6. The third-order valence-electron chi connectivity index (χ3n) is 7.35. The molecule has 0 bridgehead atoms. The molecular weight excluding hydrogens is 564 g/mol. The van der Waals surface area contributed by atoms with E-state index in [0.717, 1.165) is 11.1 Å². The highest BCUT2D eigenvalue weighted by Crippen LogP contribution is 2.22. The van der Waals surface area contributed by atoms with Crippen molar-refractivity contribution in [3.8, 4) is 5.75 Å². The fourth-order valence-electron chi connectivity index (χ4n) is 4.99. The van der Waals surface area contributed by atoms with Crippen molar-refractivity contribution < 1.29 is 24.2 Å². The van der Waals surface area contributed by atoms with Crippen LogP contribution in [-0.2, 0) is 17.8 Å². The minimum atomic E-state index is -1.03. The van der Waals surface area contributed by atoms with Gasteiger partial charge in [0.25, 0.3) is 5.91 Å². The summed E-state index contributed by atoms with van der Waals surface area (Å²) >= 11 is 0. The van der Waals surface area contributed by atoms with Crippen molar-refractivity contribution in [2.45, 2.75) is 19.0 Å². The molecular formula is C38H34N2O5. The van der Waals surface area contributed by atoms with E-state index in [1.54, 1.807) is 77.7 Å². The quantitative estimate of drug-likeness (QED) is 0.137. The lowest BCUT2D eigenvalue weighted by atomic mass is 10.00. The van der Waals surface area contributed by atoms with Gasteiger partial charge in [-0.3, -0.25) is 9.59 Å². The van der Waals surface area contributed by atoms with E-state index in [-0.39, 0.29) is 24.7 Å². The molecule has 0 heterocycles. The number of ether oxygens (including phenoxy) is 1. The van der Waals surface area contributed by atoms with Crippen LogP contribution in [0.4, 0.5) is 5.69 Å². The number of hydrogen-bond donors (Lipinski definition) is 2. The number of carbonyl (C=O) groups excluding carboxylic acids is 2. The average molecular weight is 599 g/mol. The number of nitrogens with zero attached hydrogens (tertiary/aromatic N) is 1. The standard InChI is InChI=1S/C38H34N2O5/c41-36(30-14-6-2-7-15-30)33-18-10-11-19-34(33)39-35(38(43)44)26-28-20-22-32(23-21-28)45-25-24-40(27-29-12-4-1-5-13-29)37(42)31-16-8-3-9-17-31/h1-23,35,39H,24-27H2,(H,43,44)/t35-/m0/s1. The molecule has 2 N–H and O–H groups in total. The number of anilines is 1. The minimum Gasteiger partial charge on any atom is -0.492 e. The van der Waals surface area contributed by atoms with E-state index < -0.39 is 12.0 Å². The fraction of sp³-hybridized carbons (Fsp3) is 0.132. The Morgan fingerprint density at radius 2 is 1.24 bits per heavy atom. The van der Waals surface area contributed by atoms with Gasteiger partial charge in [-0.05, 0) is 47.5 Å². The maximum Gasteiger partial charge on any atom is 0.326 e. The zero-order valence-corrected chi connectivity index (χ0v) is 24.7. The number of benzene rings is 5. The second kappa shape index (κ2) is 15.2. The van der Waals surface area contributed by atoms with Crippen LogP contribution in [-0.4, -0.2) is 46.9 Å². The number of carbonyl (C=O) groups is 3. The number of ketones is 1. The highest BCUT2D eigenvalue weighted by molar-refractivity contribution is 6.12. The molecule has 5 rings (SSSR count).